The molecule has 1 N–H and O–H groups in total. The molecule has 0 saturated heterocycles. The van der Waals surface area contributed by atoms with Crippen LogP contribution in [0.5, 0.6) is 11.5 Å². The van der Waals surface area contributed by atoms with Gasteiger partial charge in [-0.15, -0.1) is 0 Å². The van der Waals surface area contributed by atoms with Crippen LogP contribution in [-0.2, 0) is 6.54 Å². The summed E-state index contributed by atoms with van der Waals surface area (Å²) in [4.78, 5) is 10.3. The first-order valence-corrected chi connectivity index (χ1v) is 7.51. The largest absolute Gasteiger partial charge is 0.457 e. The Bertz CT molecular complexity index is 818. The number of hydrogen-bond donors (Lipinski definition) is 1. The first kappa shape index (κ1) is 15.6. The van der Waals surface area contributed by atoms with E-state index in [1.807, 2.05) is 54.6 Å². The lowest BCUT2D eigenvalue weighted by atomic mass is 10.2. The fraction of sp³-hybridized carbons (Fsp3) is 0.0526. The number of anilines is 1. The van der Waals surface area contributed by atoms with E-state index in [0.29, 0.717) is 6.54 Å². The molecule has 0 heterocycles. The highest BCUT2D eigenvalue weighted by atomic mass is 16.6. The Morgan fingerprint density at radius 3 is 2.29 bits per heavy atom. The summed E-state index contributed by atoms with van der Waals surface area (Å²) in [6.45, 7) is 0.576. The van der Waals surface area contributed by atoms with Gasteiger partial charge in [0.1, 0.15) is 11.5 Å². The molecule has 0 amide bonds. The molecule has 0 saturated carbocycles. The van der Waals surface area contributed by atoms with Crippen molar-refractivity contribution in [3.05, 3.63) is 94.5 Å². The maximum Gasteiger partial charge on any atom is 0.269 e. The van der Waals surface area contributed by atoms with Gasteiger partial charge >= 0.3 is 0 Å². The van der Waals surface area contributed by atoms with Gasteiger partial charge in [0.2, 0.25) is 0 Å². The van der Waals surface area contributed by atoms with Crippen molar-refractivity contribution in [1.29, 1.82) is 0 Å². The number of nitrogens with one attached hydrogen (secondary N) is 1. The molecule has 5 heteroatoms. The van der Waals surface area contributed by atoms with Crippen molar-refractivity contribution in [2.24, 2.45) is 0 Å². The van der Waals surface area contributed by atoms with Crippen molar-refractivity contribution in [1.82, 2.24) is 0 Å². The number of hydrogen-bond acceptors (Lipinski definition) is 4. The predicted octanol–water partition coefficient (Wildman–Crippen LogP) is 5.00. The van der Waals surface area contributed by atoms with Crippen LogP contribution < -0.4 is 10.1 Å². The van der Waals surface area contributed by atoms with E-state index in [1.54, 1.807) is 12.1 Å². The van der Waals surface area contributed by atoms with E-state index >= 15 is 0 Å². The minimum Gasteiger partial charge on any atom is -0.457 e. The van der Waals surface area contributed by atoms with Gasteiger partial charge in [-0.05, 0) is 29.8 Å². The Morgan fingerprint density at radius 1 is 0.875 bits per heavy atom. The number of non-ortho nitro benzene ring substituents is 1. The molecule has 120 valence electrons. The molecule has 0 unspecified atom stereocenters. The van der Waals surface area contributed by atoms with Crippen LogP contribution in [0.25, 0.3) is 0 Å². The van der Waals surface area contributed by atoms with Gasteiger partial charge in [0.15, 0.2) is 0 Å². The van der Waals surface area contributed by atoms with Gasteiger partial charge in [-0.1, -0.05) is 36.4 Å². The smallest absolute Gasteiger partial charge is 0.269 e. The number of rotatable bonds is 6. The van der Waals surface area contributed by atoms with Crippen LogP contribution in [0.3, 0.4) is 0 Å². The summed E-state index contributed by atoms with van der Waals surface area (Å²) in [5.74, 6) is 1.53. The van der Waals surface area contributed by atoms with Crippen LogP contribution in [0.15, 0.2) is 78.9 Å². The average Bonchev–Trinajstić information content (AvgIpc) is 2.61. The second-order valence-corrected chi connectivity index (χ2v) is 5.22. The Hall–Kier alpha value is -3.34. The minimum atomic E-state index is -0.401. The summed E-state index contributed by atoms with van der Waals surface area (Å²) < 4.78 is 5.80. The summed E-state index contributed by atoms with van der Waals surface area (Å²) in [7, 11) is 0. The number of nitro groups is 1. The van der Waals surface area contributed by atoms with Crippen LogP contribution in [0, 0.1) is 10.1 Å². The molecule has 0 bridgehead atoms. The normalized spacial score (nSPS) is 10.2. The van der Waals surface area contributed by atoms with E-state index in [9.17, 15) is 10.1 Å². The molecule has 0 aromatic heterocycles. The van der Waals surface area contributed by atoms with Crippen molar-refractivity contribution in [3.8, 4) is 11.5 Å². The summed E-state index contributed by atoms with van der Waals surface area (Å²) in [5.41, 5.74) is 1.98. The predicted molar refractivity (Wildman–Crippen MR) is 93.4 cm³/mol. The van der Waals surface area contributed by atoms with E-state index in [-0.39, 0.29) is 5.69 Å². The molecule has 24 heavy (non-hydrogen) atoms. The minimum absolute atomic E-state index is 0.0945. The molecule has 0 atom stereocenters. The molecule has 0 aliphatic heterocycles. The van der Waals surface area contributed by atoms with Gasteiger partial charge in [-0.25, -0.2) is 0 Å². The van der Waals surface area contributed by atoms with Gasteiger partial charge in [0.05, 0.1) is 4.92 Å². The highest BCUT2D eigenvalue weighted by Crippen LogP contribution is 2.24. The van der Waals surface area contributed by atoms with Gasteiger partial charge in [-0.3, -0.25) is 10.1 Å². The average molecular weight is 320 g/mol. The molecule has 3 aromatic rings. The lowest BCUT2D eigenvalue weighted by Gasteiger charge is -2.10. The zero-order valence-corrected chi connectivity index (χ0v) is 12.9. The van der Waals surface area contributed by atoms with Crippen molar-refractivity contribution >= 4 is 11.4 Å². The standard InChI is InChI=1S/C19H16N2O3/c22-21(23)17-11-9-15(10-12-17)14-20-16-5-4-8-19(13-16)24-18-6-2-1-3-7-18/h1-13,20H,14H2. The van der Waals surface area contributed by atoms with E-state index in [0.717, 1.165) is 22.7 Å². The van der Waals surface area contributed by atoms with E-state index < -0.39 is 4.92 Å². The third-order valence-electron chi connectivity index (χ3n) is 3.46. The zero-order chi connectivity index (χ0) is 16.8. The van der Waals surface area contributed by atoms with Crippen LogP contribution >= 0.6 is 0 Å². The van der Waals surface area contributed by atoms with Crippen molar-refractivity contribution in [2.45, 2.75) is 6.54 Å². The van der Waals surface area contributed by atoms with E-state index in [1.165, 1.54) is 12.1 Å². The summed E-state index contributed by atoms with van der Waals surface area (Å²) >= 11 is 0. The fourth-order valence-electron chi connectivity index (χ4n) is 2.23. The first-order chi connectivity index (χ1) is 11.7. The molecular formula is C19H16N2O3. The molecule has 0 aliphatic carbocycles. The molecular weight excluding hydrogens is 304 g/mol. The monoisotopic (exact) mass is 320 g/mol. The second kappa shape index (κ2) is 7.28. The molecule has 0 spiro atoms. The second-order valence-electron chi connectivity index (χ2n) is 5.22. The molecule has 0 aliphatic rings. The Labute approximate surface area is 139 Å². The molecule has 3 rings (SSSR count). The van der Waals surface area contributed by atoms with Crippen LogP contribution in [0.1, 0.15) is 5.56 Å². The van der Waals surface area contributed by atoms with Gasteiger partial charge in [0.25, 0.3) is 5.69 Å². The SMILES string of the molecule is O=[N+]([O-])c1ccc(CNc2cccc(Oc3ccccc3)c2)cc1. The van der Waals surface area contributed by atoms with Crippen LogP contribution in [0.4, 0.5) is 11.4 Å². The highest BCUT2D eigenvalue weighted by Gasteiger charge is 2.04. The fourth-order valence-corrected chi connectivity index (χ4v) is 2.23. The van der Waals surface area contributed by atoms with Gasteiger partial charge in [0, 0.05) is 30.4 Å². The summed E-state index contributed by atoms with van der Waals surface area (Å²) in [6.07, 6.45) is 0. The first-order valence-electron chi connectivity index (χ1n) is 7.51. The Balaban J connectivity index is 1.63. The maximum atomic E-state index is 10.7. The molecule has 0 fully saturated rings. The van der Waals surface area contributed by atoms with Crippen molar-refractivity contribution in [2.75, 3.05) is 5.32 Å². The van der Waals surface area contributed by atoms with E-state index in [4.69, 9.17) is 4.74 Å². The number of benzene rings is 3. The highest BCUT2D eigenvalue weighted by molar-refractivity contribution is 5.49. The topological polar surface area (TPSA) is 64.4 Å². The lowest BCUT2D eigenvalue weighted by Crippen LogP contribution is -1.99. The third kappa shape index (κ3) is 4.10. The zero-order valence-electron chi connectivity index (χ0n) is 12.9. The van der Waals surface area contributed by atoms with Gasteiger partial charge in [-0.2, -0.15) is 0 Å². The van der Waals surface area contributed by atoms with Crippen LogP contribution in [-0.4, -0.2) is 4.92 Å². The van der Waals surface area contributed by atoms with Gasteiger partial charge < -0.3 is 10.1 Å². The number of nitro benzene ring substituents is 1. The van der Waals surface area contributed by atoms with Crippen molar-refractivity contribution < 1.29 is 9.66 Å². The van der Waals surface area contributed by atoms with E-state index in [2.05, 4.69) is 5.32 Å². The third-order valence-corrected chi connectivity index (χ3v) is 3.46. The maximum absolute atomic E-state index is 10.7. The summed E-state index contributed by atoms with van der Waals surface area (Å²) in [6, 6.07) is 23.8. The molecule has 3 aromatic carbocycles. The Morgan fingerprint density at radius 2 is 1.58 bits per heavy atom. The van der Waals surface area contributed by atoms with Crippen LogP contribution in [0.2, 0.25) is 0 Å². The van der Waals surface area contributed by atoms with Crippen molar-refractivity contribution in [3.63, 3.8) is 0 Å². The Kier molecular flexibility index (Phi) is 4.72. The molecule has 0 radical (unpaired) electrons. The molecule has 5 nitrogen and oxygen atoms in total. The number of ether oxygens (including phenoxy) is 1. The number of nitrogens with zero attached hydrogens (tertiary/aromatic N) is 1. The number of para-hydroxylation sites is 1. The summed E-state index contributed by atoms with van der Waals surface area (Å²) in [5, 5.41) is 13.9. The quantitative estimate of drug-likeness (QED) is 0.513. The lowest BCUT2D eigenvalue weighted by molar-refractivity contribution is -0.384.